The molecule has 3 heterocycles. The Kier molecular flexibility index (Phi) is 4.95. The van der Waals surface area contributed by atoms with Crippen molar-refractivity contribution in [3.05, 3.63) is 22.4 Å². The van der Waals surface area contributed by atoms with Gasteiger partial charge < -0.3 is 10.2 Å². The number of rotatable bonds is 5. The van der Waals surface area contributed by atoms with Gasteiger partial charge in [0.25, 0.3) is 5.91 Å². The SMILES string of the molecule is O=C1CNC(=O)N1CC(=O)N1CCCC[C@H]1CCc1cccs1. The molecule has 3 rings (SSSR count). The van der Waals surface area contributed by atoms with Gasteiger partial charge in [-0.05, 0) is 43.6 Å². The lowest BCUT2D eigenvalue weighted by atomic mass is 9.97. The van der Waals surface area contributed by atoms with E-state index in [-0.39, 0.29) is 30.9 Å². The number of piperidine rings is 1. The number of urea groups is 1. The first-order valence-electron chi connectivity index (χ1n) is 8.05. The Morgan fingerprint density at radius 1 is 1.35 bits per heavy atom. The first-order valence-corrected chi connectivity index (χ1v) is 8.93. The third kappa shape index (κ3) is 3.72. The van der Waals surface area contributed by atoms with E-state index in [1.165, 1.54) is 4.88 Å². The second kappa shape index (κ2) is 7.12. The molecule has 2 saturated heterocycles. The van der Waals surface area contributed by atoms with Gasteiger partial charge in [0.15, 0.2) is 0 Å². The quantitative estimate of drug-likeness (QED) is 0.831. The topological polar surface area (TPSA) is 69.7 Å². The zero-order chi connectivity index (χ0) is 16.2. The highest BCUT2D eigenvalue weighted by Gasteiger charge is 2.34. The number of nitrogens with one attached hydrogen (secondary N) is 1. The van der Waals surface area contributed by atoms with Crippen molar-refractivity contribution in [1.29, 1.82) is 0 Å². The smallest absolute Gasteiger partial charge is 0.325 e. The summed E-state index contributed by atoms with van der Waals surface area (Å²) in [6, 6.07) is 3.91. The van der Waals surface area contributed by atoms with Crippen molar-refractivity contribution >= 4 is 29.2 Å². The van der Waals surface area contributed by atoms with Crippen molar-refractivity contribution in [1.82, 2.24) is 15.1 Å². The predicted molar refractivity (Wildman–Crippen MR) is 87.1 cm³/mol. The fraction of sp³-hybridized carbons (Fsp3) is 0.562. The standard InChI is InChI=1S/C16H21N3O3S/c20-14-10-17-16(22)19(14)11-15(21)18-8-2-1-4-12(18)6-7-13-5-3-9-23-13/h3,5,9,12H,1-2,4,6-8,10-11H2,(H,17,22)/t12-/m0/s1. The van der Waals surface area contributed by atoms with Gasteiger partial charge >= 0.3 is 6.03 Å². The van der Waals surface area contributed by atoms with E-state index in [1.54, 1.807) is 11.3 Å². The Labute approximate surface area is 139 Å². The van der Waals surface area contributed by atoms with Crippen molar-refractivity contribution in [2.75, 3.05) is 19.6 Å². The molecule has 1 N–H and O–H groups in total. The minimum Gasteiger partial charge on any atom is -0.338 e. The molecule has 0 saturated carbocycles. The summed E-state index contributed by atoms with van der Waals surface area (Å²) >= 11 is 1.74. The fourth-order valence-electron chi connectivity index (χ4n) is 3.23. The van der Waals surface area contributed by atoms with E-state index in [4.69, 9.17) is 0 Å². The summed E-state index contributed by atoms with van der Waals surface area (Å²) in [6.07, 6.45) is 5.02. The maximum absolute atomic E-state index is 12.6. The molecular formula is C16H21N3O3S. The summed E-state index contributed by atoms with van der Waals surface area (Å²) in [4.78, 5) is 40.0. The monoisotopic (exact) mass is 335 g/mol. The molecule has 0 bridgehead atoms. The van der Waals surface area contributed by atoms with E-state index in [2.05, 4.69) is 16.8 Å². The van der Waals surface area contributed by atoms with Crippen LogP contribution in [-0.2, 0) is 16.0 Å². The maximum atomic E-state index is 12.6. The van der Waals surface area contributed by atoms with Crippen molar-refractivity contribution in [3.8, 4) is 0 Å². The fourth-order valence-corrected chi connectivity index (χ4v) is 3.96. The molecule has 7 heteroatoms. The van der Waals surface area contributed by atoms with Gasteiger partial charge in [-0.15, -0.1) is 11.3 Å². The minimum absolute atomic E-state index is 0.00603. The molecule has 1 aromatic rings. The van der Waals surface area contributed by atoms with Gasteiger partial charge in [-0.2, -0.15) is 0 Å². The Bertz CT molecular complexity index is 571. The van der Waals surface area contributed by atoms with Crippen LogP contribution < -0.4 is 5.32 Å². The lowest BCUT2D eigenvalue weighted by Gasteiger charge is -2.36. The number of amides is 4. The van der Waals surface area contributed by atoms with E-state index < -0.39 is 6.03 Å². The van der Waals surface area contributed by atoms with Crippen LogP contribution in [0.1, 0.15) is 30.6 Å². The van der Waals surface area contributed by atoms with Gasteiger partial charge in [-0.1, -0.05) is 6.07 Å². The summed E-state index contributed by atoms with van der Waals surface area (Å²) in [5.74, 6) is -0.443. The molecule has 0 spiro atoms. The zero-order valence-electron chi connectivity index (χ0n) is 13.0. The second-order valence-electron chi connectivity index (χ2n) is 5.99. The first kappa shape index (κ1) is 16.0. The molecule has 2 fully saturated rings. The number of carbonyl (C=O) groups excluding carboxylic acids is 3. The molecule has 2 aliphatic rings. The summed E-state index contributed by atoms with van der Waals surface area (Å²) in [5.41, 5.74) is 0. The van der Waals surface area contributed by atoms with Crippen LogP contribution in [0.5, 0.6) is 0 Å². The van der Waals surface area contributed by atoms with Crippen molar-refractivity contribution in [2.24, 2.45) is 0 Å². The lowest BCUT2D eigenvalue weighted by molar-refractivity contribution is -0.139. The molecule has 23 heavy (non-hydrogen) atoms. The van der Waals surface area contributed by atoms with Crippen LogP contribution in [0.25, 0.3) is 0 Å². The predicted octanol–water partition coefficient (Wildman–Crippen LogP) is 1.61. The van der Waals surface area contributed by atoms with Gasteiger partial charge in [0.2, 0.25) is 5.91 Å². The van der Waals surface area contributed by atoms with Gasteiger partial charge in [0.05, 0.1) is 6.54 Å². The first-order chi connectivity index (χ1) is 11.1. The third-order valence-electron chi connectivity index (χ3n) is 4.48. The molecule has 4 amide bonds. The molecule has 0 aliphatic carbocycles. The Morgan fingerprint density at radius 3 is 2.91 bits per heavy atom. The highest BCUT2D eigenvalue weighted by atomic mass is 32.1. The molecule has 0 aromatic carbocycles. The van der Waals surface area contributed by atoms with Crippen LogP contribution in [0.4, 0.5) is 4.79 Å². The number of hydrogen-bond acceptors (Lipinski definition) is 4. The number of likely N-dealkylation sites (tertiary alicyclic amines) is 1. The van der Waals surface area contributed by atoms with Gasteiger partial charge in [-0.25, -0.2) is 4.79 Å². The number of imide groups is 1. The van der Waals surface area contributed by atoms with Gasteiger partial charge in [0, 0.05) is 17.5 Å². The Balaban J connectivity index is 1.59. The van der Waals surface area contributed by atoms with Crippen LogP contribution in [0.3, 0.4) is 0 Å². The zero-order valence-corrected chi connectivity index (χ0v) is 13.8. The van der Waals surface area contributed by atoms with E-state index >= 15 is 0 Å². The highest BCUT2D eigenvalue weighted by molar-refractivity contribution is 7.09. The molecule has 0 radical (unpaired) electrons. The third-order valence-corrected chi connectivity index (χ3v) is 5.42. The Hall–Kier alpha value is -1.89. The Morgan fingerprint density at radius 2 is 2.22 bits per heavy atom. The van der Waals surface area contributed by atoms with Gasteiger partial charge in [-0.3, -0.25) is 14.5 Å². The second-order valence-corrected chi connectivity index (χ2v) is 7.03. The summed E-state index contributed by atoms with van der Waals surface area (Å²) in [6.45, 7) is 0.575. The molecule has 124 valence electrons. The molecule has 6 nitrogen and oxygen atoms in total. The normalized spacial score (nSPS) is 21.7. The van der Waals surface area contributed by atoms with E-state index in [0.29, 0.717) is 0 Å². The number of thiophene rings is 1. The van der Waals surface area contributed by atoms with E-state index in [9.17, 15) is 14.4 Å². The van der Waals surface area contributed by atoms with Gasteiger partial charge in [0.1, 0.15) is 6.54 Å². The highest BCUT2D eigenvalue weighted by Crippen LogP contribution is 2.23. The van der Waals surface area contributed by atoms with Crippen molar-refractivity contribution in [2.45, 2.75) is 38.1 Å². The number of nitrogens with zero attached hydrogens (tertiary/aromatic N) is 2. The van der Waals surface area contributed by atoms with Crippen LogP contribution in [0.2, 0.25) is 0 Å². The summed E-state index contributed by atoms with van der Waals surface area (Å²) in [5, 5.41) is 4.52. The average Bonchev–Trinajstić information content (AvgIpc) is 3.18. The van der Waals surface area contributed by atoms with E-state index in [1.807, 2.05) is 11.0 Å². The lowest BCUT2D eigenvalue weighted by Crippen LogP contribution is -2.49. The molecule has 1 aromatic heterocycles. The van der Waals surface area contributed by atoms with E-state index in [0.717, 1.165) is 43.5 Å². The van der Waals surface area contributed by atoms with Crippen molar-refractivity contribution in [3.63, 3.8) is 0 Å². The summed E-state index contributed by atoms with van der Waals surface area (Å²) in [7, 11) is 0. The number of carbonyl (C=O) groups is 3. The van der Waals surface area contributed by atoms with Crippen LogP contribution in [0, 0.1) is 0 Å². The maximum Gasteiger partial charge on any atom is 0.325 e. The van der Waals surface area contributed by atoms with Crippen molar-refractivity contribution < 1.29 is 14.4 Å². The van der Waals surface area contributed by atoms with Crippen LogP contribution >= 0.6 is 11.3 Å². The summed E-state index contributed by atoms with van der Waals surface area (Å²) < 4.78 is 0. The largest absolute Gasteiger partial charge is 0.338 e. The molecule has 1 atom stereocenters. The van der Waals surface area contributed by atoms with Crippen LogP contribution in [-0.4, -0.2) is 53.3 Å². The number of hydrogen-bond donors (Lipinski definition) is 1. The number of aryl methyl sites for hydroxylation is 1. The minimum atomic E-state index is -0.463. The molecule has 0 unspecified atom stereocenters. The molecular weight excluding hydrogens is 314 g/mol. The molecule has 2 aliphatic heterocycles. The van der Waals surface area contributed by atoms with Crippen LogP contribution in [0.15, 0.2) is 17.5 Å². The average molecular weight is 335 g/mol.